The fraction of sp³-hybridized carbons (Fsp3) is 0.338. The number of aromatic hydroxyl groups is 3. The number of benzene rings is 4. The van der Waals surface area contributed by atoms with Crippen LogP contribution in [0.4, 0.5) is 0 Å². The zero-order valence-electron chi connectivity index (χ0n) is 48.4. The Balaban J connectivity index is 0.00000672. The van der Waals surface area contributed by atoms with Crippen molar-refractivity contribution in [3.05, 3.63) is 156 Å². The van der Waals surface area contributed by atoms with Gasteiger partial charge in [-0.15, -0.1) is 27.2 Å². The van der Waals surface area contributed by atoms with Gasteiger partial charge in [-0.1, -0.05) is 98.8 Å². The summed E-state index contributed by atoms with van der Waals surface area (Å²) in [4.78, 5) is 32.8. The van der Waals surface area contributed by atoms with Gasteiger partial charge in [0.15, 0.2) is 0 Å². The Morgan fingerprint density at radius 1 is 0.624 bits per heavy atom. The first-order chi connectivity index (χ1) is 40.8. The zero-order chi connectivity index (χ0) is 57.4. The molecule has 4 aromatic heterocycles. The molecule has 0 unspecified atom stereocenters. The number of phenolic OH excluding ortho intramolecular Hbond substituents is 3. The number of rotatable bonds is 12. The molecule has 4 saturated carbocycles. The first kappa shape index (κ1) is 56.1. The van der Waals surface area contributed by atoms with Crippen molar-refractivity contribution in [2.45, 2.75) is 104 Å². The normalized spacial score (nSPS) is 24.2. The maximum atomic E-state index is 11.5. The van der Waals surface area contributed by atoms with Crippen LogP contribution < -0.4 is 14.7 Å². The first-order valence-corrected chi connectivity index (χ1v) is 30.1. The summed E-state index contributed by atoms with van der Waals surface area (Å²) in [5.41, 5.74) is 12.5. The number of carbonyl (C=O) groups is 1. The van der Waals surface area contributed by atoms with Crippen LogP contribution in [0.3, 0.4) is 0 Å². The van der Waals surface area contributed by atoms with Gasteiger partial charge in [0.1, 0.15) is 35.3 Å². The van der Waals surface area contributed by atoms with Gasteiger partial charge >= 0.3 is 25.4 Å². The van der Waals surface area contributed by atoms with E-state index in [2.05, 4.69) is 36.7 Å². The number of carboxylic acid groups (broad SMARTS) is 1. The van der Waals surface area contributed by atoms with Crippen LogP contribution in [0.25, 0.3) is 90.9 Å². The second-order valence-corrected chi connectivity index (χ2v) is 25.2. The first-order valence-electron chi connectivity index (χ1n) is 30.1. The summed E-state index contributed by atoms with van der Waals surface area (Å²) >= 11 is 0. The average Bonchev–Trinajstić information content (AvgIpc) is 1.86. The minimum atomic E-state index is -0.673. The summed E-state index contributed by atoms with van der Waals surface area (Å²) in [6, 6.07) is 37.5. The van der Waals surface area contributed by atoms with Crippen LogP contribution in [0.15, 0.2) is 128 Å². The largest absolute Gasteiger partial charge is 2.00 e. The number of fused-ring (bicyclic) bond motifs is 13. The van der Waals surface area contributed by atoms with Gasteiger partial charge in [0, 0.05) is 6.42 Å². The Hall–Kier alpha value is -8.09. The molecule has 0 amide bonds. The molecule has 9 atom stereocenters. The molecular weight excluding hydrogens is 1110 g/mol. The molecule has 14 rings (SSSR count). The van der Waals surface area contributed by atoms with Gasteiger partial charge in [0.05, 0.1) is 35.0 Å². The number of hydrogen-bond acceptors (Lipinski definition) is 9. The maximum absolute atomic E-state index is 11.5. The van der Waals surface area contributed by atoms with E-state index >= 15 is 0 Å². The Morgan fingerprint density at radius 3 is 1.64 bits per heavy atom. The minimum Gasteiger partial charge on any atom is -0.657 e. The summed E-state index contributed by atoms with van der Waals surface area (Å²) in [5, 5.41) is 51.4. The topological polar surface area (TPSA) is 192 Å². The molecule has 14 heteroatoms. The number of phenols is 3. The Labute approximate surface area is 507 Å². The van der Waals surface area contributed by atoms with E-state index in [-0.39, 0.29) is 55.8 Å². The van der Waals surface area contributed by atoms with E-state index in [1.165, 1.54) is 44.9 Å². The fourth-order valence-corrected chi connectivity index (χ4v) is 16.7. The zero-order valence-corrected chi connectivity index (χ0v) is 51.4. The van der Waals surface area contributed by atoms with E-state index in [1.807, 2.05) is 103 Å². The van der Waals surface area contributed by atoms with E-state index in [0.717, 1.165) is 70.5 Å². The average molecular weight is 1180 g/mol. The van der Waals surface area contributed by atoms with Crippen molar-refractivity contribution in [1.29, 1.82) is 0 Å². The number of aromatic nitrogens is 7. The number of carboxylic acids is 1. The SMILES string of the molecule is C[C@H](CCC(=O)O)[C@H]1CC[C@H]2[C@@H]3CC[C@@H]4C[C@@H](n5cc(COc6cccc(-c7c8nc(c(-c9cccc(O)c9)c9ccc([n-]9)c(-c9cccc(O)c9)c9nc(c(-c%10cccc(O)c%10)c%10ccc7[n-]%10)C=C9)C=C8)c6)nn5)CC[C@]4(C)[C@H]3CC[C@]12C.[Zn+2]. The predicted molar refractivity (Wildman–Crippen MR) is 328 cm³/mol. The minimum absolute atomic E-state index is 0. The van der Waals surface area contributed by atoms with Crippen molar-refractivity contribution in [3.8, 4) is 67.5 Å². The van der Waals surface area contributed by atoms with Crippen molar-refractivity contribution >= 4 is 52.3 Å². The summed E-state index contributed by atoms with van der Waals surface area (Å²) < 4.78 is 8.72. The standard InChI is InChI=1S/C71H70N7O6.Zn/c1-41(16-29-65(82)83)54-19-20-55-53-18-17-46-38-48(30-32-70(46,2)56(53)31-33-71(54,55)3)78-39-47(76-77-78)40-84-52-15-7-11-45(37-52)69-63-27-25-61(74-63)67(43-9-5-13-50(80)35-43)59-23-21-57(72-59)66(42-8-4-12-49(79)34-42)58-22-24-60(73-58)68(62-26-28-64(69)75-62)44-10-6-14-51(81)36-44;/h4-15,21-28,34-37,39,41,46,48,53-56H,16-20,29-33,38,40H2,1-3H3,(H5-,72,73,74,75,76,77,79,80,81,82,83);/q-1;+2/p-1/t41-,46-,48+,53+,54-,55+,56+,70+,71-;/m1./s1. The molecule has 8 bridgehead atoms. The predicted octanol–water partition coefficient (Wildman–Crippen LogP) is 15.6. The van der Waals surface area contributed by atoms with Crippen molar-refractivity contribution in [2.75, 3.05) is 0 Å². The molecule has 4 aromatic carbocycles. The molecular formula is C71H69N7O6Zn. The van der Waals surface area contributed by atoms with Crippen LogP contribution >= 0.6 is 0 Å². The van der Waals surface area contributed by atoms with E-state index in [1.54, 1.807) is 42.5 Å². The summed E-state index contributed by atoms with van der Waals surface area (Å²) in [6.45, 7) is 7.75. The van der Waals surface area contributed by atoms with Gasteiger partial charge in [-0.3, -0.25) is 4.79 Å². The van der Waals surface area contributed by atoms with Gasteiger partial charge in [-0.25, -0.2) is 14.6 Å². The third kappa shape index (κ3) is 10.3. The van der Waals surface area contributed by atoms with Crippen molar-refractivity contribution in [2.24, 2.45) is 46.3 Å². The van der Waals surface area contributed by atoms with Crippen LogP contribution in [0.2, 0.25) is 0 Å². The molecule has 4 fully saturated rings. The molecule has 4 aliphatic carbocycles. The molecule has 6 aliphatic rings. The van der Waals surface area contributed by atoms with Gasteiger partial charge in [-0.2, -0.15) is 0 Å². The third-order valence-corrected chi connectivity index (χ3v) is 20.7. The molecule has 0 spiro atoms. The molecule has 2 aliphatic heterocycles. The number of hydrogen-bond donors (Lipinski definition) is 4. The number of ether oxygens (including phenoxy) is 1. The van der Waals surface area contributed by atoms with Crippen molar-refractivity contribution in [3.63, 3.8) is 0 Å². The molecule has 13 nitrogen and oxygen atoms in total. The Kier molecular flexibility index (Phi) is 14.8. The van der Waals surface area contributed by atoms with Crippen LogP contribution in [0.5, 0.6) is 23.0 Å². The molecule has 6 heterocycles. The number of aliphatic carboxylic acids is 1. The van der Waals surface area contributed by atoms with E-state index in [4.69, 9.17) is 29.9 Å². The number of nitrogens with zero attached hydrogens (tertiary/aromatic N) is 7. The van der Waals surface area contributed by atoms with Crippen LogP contribution in [-0.2, 0) is 30.9 Å². The van der Waals surface area contributed by atoms with Gasteiger partial charge in [0.2, 0.25) is 0 Å². The van der Waals surface area contributed by atoms with Crippen LogP contribution in [0.1, 0.15) is 126 Å². The summed E-state index contributed by atoms with van der Waals surface area (Å²) in [7, 11) is 0. The molecule has 85 heavy (non-hydrogen) atoms. The molecule has 0 saturated heterocycles. The van der Waals surface area contributed by atoms with Gasteiger partial charge in [0.25, 0.3) is 0 Å². The van der Waals surface area contributed by atoms with Gasteiger partial charge < -0.3 is 35.1 Å². The molecule has 8 aromatic rings. The smallest absolute Gasteiger partial charge is 0.657 e. The molecule has 0 radical (unpaired) electrons. The second kappa shape index (κ2) is 22.4. The summed E-state index contributed by atoms with van der Waals surface area (Å²) in [6.07, 6.45) is 22.1. The third-order valence-electron chi connectivity index (χ3n) is 20.7. The molecule has 4 N–H and O–H groups in total. The summed E-state index contributed by atoms with van der Waals surface area (Å²) in [5.74, 6) is 4.29. The monoisotopic (exact) mass is 1180 g/mol. The van der Waals surface area contributed by atoms with Crippen molar-refractivity contribution < 1.29 is 49.4 Å². The second-order valence-electron chi connectivity index (χ2n) is 25.2. The Morgan fingerprint density at radius 2 is 1.12 bits per heavy atom. The van der Waals surface area contributed by atoms with Gasteiger partial charge in [-0.05, 0) is 228 Å². The van der Waals surface area contributed by atoms with E-state index in [9.17, 15) is 25.2 Å². The molecule has 426 valence electrons. The Bertz CT molecular complexity index is 4100. The van der Waals surface area contributed by atoms with Crippen LogP contribution in [-0.4, -0.2) is 51.4 Å². The maximum Gasteiger partial charge on any atom is 2.00 e. The van der Waals surface area contributed by atoms with Crippen LogP contribution in [0, 0.1) is 46.3 Å². The van der Waals surface area contributed by atoms with E-state index < -0.39 is 5.97 Å². The van der Waals surface area contributed by atoms with Crippen molar-refractivity contribution in [1.82, 2.24) is 34.9 Å². The quantitative estimate of drug-likeness (QED) is 0.0848. The fourth-order valence-electron chi connectivity index (χ4n) is 16.7. The van der Waals surface area contributed by atoms with E-state index in [0.29, 0.717) is 95.9 Å².